The summed E-state index contributed by atoms with van der Waals surface area (Å²) in [7, 11) is 0. The Morgan fingerprint density at radius 1 is 1.29 bits per heavy atom. The highest BCUT2D eigenvalue weighted by atomic mass is 16.2. The van der Waals surface area contributed by atoms with Gasteiger partial charge in [0.05, 0.1) is 6.54 Å². The second-order valence-corrected chi connectivity index (χ2v) is 4.94. The molecule has 0 atom stereocenters. The number of carbonyl (C=O) groups excluding carboxylic acids is 1. The van der Waals surface area contributed by atoms with Crippen molar-refractivity contribution in [3.63, 3.8) is 0 Å². The van der Waals surface area contributed by atoms with Gasteiger partial charge in [-0.1, -0.05) is 18.2 Å². The Bertz CT molecular complexity index is 584. The maximum absolute atomic E-state index is 12.3. The second-order valence-electron chi connectivity index (χ2n) is 4.94. The van der Waals surface area contributed by atoms with E-state index in [-0.39, 0.29) is 5.91 Å². The van der Waals surface area contributed by atoms with Crippen molar-refractivity contribution >= 4 is 11.6 Å². The molecule has 0 aliphatic heterocycles. The van der Waals surface area contributed by atoms with Crippen LogP contribution in [0.4, 0.5) is 5.69 Å². The zero-order valence-electron chi connectivity index (χ0n) is 12.5. The van der Waals surface area contributed by atoms with Gasteiger partial charge < -0.3 is 10.2 Å². The topological polar surface area (TPSA) is 45.2 Å². The van der Waals surface area contributed by atoms with Gasteiger partial charge in [-0.25, -0.2) is 0 Å². The number of benzene rings is 1. The zero-order valence-corrected chi connectivity index (χ0v) is 12.5. The lowest BCUT2D eigenvalue weighted by Crippen LogP contribution is -2.38. The lowest BCUT2D eigenvalue weighted by Gasteiger charge is -2.21. The molecule has 0 spiro atoms. The smallest absolute Gasteiger partial charge is 0.240 e. The van der Waals surface area contributed by atoms with Gasteiger partial charge in [0.1, 0.15) is 0 Å². The quantitative estimate of drug-likeness (QED) is 0.886. The Balaban J connectivity index is 1.92. The summed E-state index contributed by atoms with van der Waals surface area (Å²) in [5, 5.41) is 3.17. The molecule has 0 fully saturated rings. The molecule has 0 saturated heterocycles. The van der Waals surface area contributed by atoms with Gasteiger partial charge in [-0.05, 0) is 43.2 Å². The standard InChI is InChI=1S/C17H21N3O/c1-3-20(16-8-4-6-14(2)10-16)17(21)13-19-12-15-7-5-9-18-11-15/h4-11,19H,3,12-13H2,1-2H3. The number of rotatable bonds is 6. The summed E-state index contributed by atoms with van der Waals surface area (Å²) in [6.45, 7) is 5.64. The summed E-state index contributed by atoms with van der Waals surface area (Å²) in [6, 6.07) is 11.9. The van der Waals surface area contributed by atoms with Gasteiger partial charge in [0.15, 0.2) is 0 Å². The first-order valence-corrected chi connectivity index (χ1v) is 7.17. The van der Waals surface area contributed by atoms with Crippen LogP contribution < -0.4 is 10.2 Å². The van der Waals surface area contributed by atoms with Crippen LogP contribution in [-0.2, 0) is 11.3 Å². The minimum Gasteiger partial charge on any atom is -0.312 e. The van der Waals surface area contributed by atoms with Crippen LogP contribution in [0.5, 0.6) is 0 Å². The number of hydrogen-bond donors (Lipinski definition) is 1. The Hall–Kier alpha value is -2.20. The van der Waals surface area contributed by atoms with Crippen LogP contribution in [-0.4, -0.2) is 24.0 Å². The highest BCUT2D eigenvalue weighted by Gasteiger charge is 2.13. The van der Waals surface area contributed by atoms with E-state index in [1.54, 1.807) is 17.3 Å². The minimum absolute atomic E-state index is 0.0759. The summed E-state index contributed by atoms with van der Waals surface area (Å²) < 4.78 is 0. The average molecular weight is 283 g/mol. The number of nitrogens with one attached hydrogen (secondary N) is 1. The van der Waals surface area contributed by atoms with Gasteiger partial charge in [0.2, 0.25) is 5.91 Å². The van der Waals surface area contributed by atoms with Crippen LogP contribution >= 0.6 is 0 Å². The third-order valence-electron chi connectivity index (χ3n) is 3.26. The average Bonchev–Trinajstić information content (AvgIpc) is 2.49. The molecule has 0 aliphatic carbocycles. The maximum atomic E-state index is 12.3. The van der Waals surface area contributed by atoms with Gasteiger partial charge in [-0.2, -0.15) is 0 Å². The number of carbonyl (C=O) groups is 1. The minimum atomic E-state index is 0.0759. The number of aromatic nitrogens is 1. The van der Waals surface area contributed by atoms with E-state index < -0.39 is 0 Å². The molecular weight excluding hydrogens is 262 g/mol. The molecule has 0 unspecified atom stereocenters. The molecule has 2 rings (SSSR count). The fourth-order valence-corrected chi connectivity index (χ4v) is 2.21. The fourth-order valence-electron chi connectivity index (χ4n) is 2.21. The van der Waals surface area contributed by atoms with Crippen LogP contribution in [0.25, 0.3) is 0 Å². The maximum Gasteiger partial charge on any atom is 0.240 e. The van der Waals surface area contributed by atoms with E-state index in [1.807, 2.05) is 50.2 Å². The van der Waals surface area contributed by atoms with Crippen molar-refractivity contribution in [2.45, 2.75) is 20.4 Å². The highest BCUT2D eigenvalue weighted by Crippen LogP contribution is 2.15. The molecule has 0 aliphatic rings. The van der Waals surface area contributed by atoms with Crippen molar-refractivity contribution < 1.29 is 4.79 Å². The summed E-state index contributed by atoms with van der Waals surface area (Å²) in [4.78, 5) is 18.2. The van der Waals surface area contributed by atoms with Crippen molar-refractivity contribution in [2.24, 2.45) is 0 Å². The number of anilines is 1. The summed E-state index contributed by atoms with van der Waals surface area (Å²) in [5.74, 6) is 0.0759. The summed E-state index contributed by atoms with van der Waals surface area (Å²) in [5.41, 5.74) is 3.18. The highest BCUT2D eigenvalue weighted by molar-refractivity contribution is 5.94. The molecule has 21 heavy (non-hydrogen) atoms. The van der Waals surface area contributed by atoms with E-state index in [0.717, 1.165) is 16.8 Å². The molecule has 4 nitrogen and oxygen atoms in total. The van der Waals surface area contributed by atoms with E-state index in [9.17, 15) is 4.79 Å². The second kappa shape index (κ2) is 7.55. The number of likely N-dealkylation sites (N-methyl/N-ethyl adjacent to an activating group) is 1. The van der Waals surface area contributed by atoms with E-state index in [2.05, 4.69) is 10.3 Å². The van der Waals surface area contributed by atoms with Gasteiger partial charge >= 0.3 is 0 Å². The van der Waals surface area contributed by atoms with Crippen LogP contribution in [0.3, 0.4) is 0 Å². The number of hydrogen-bond acceptors (Lipinski definition) is 3. The van der Waals surface area contributed by atoms with Crippen molar-refractivity contribution in [3.8, 4) is 0 Å². The first-order valence-electron chi connectivity index (χ1n) is 7.17. The van der Waals surface area contributed by atoms with Crippen molar-refractivity contribution in [3.05, 3.63) is 59.9 Å². The Kier molecular flexibility index (Phi) is 5.46. The molecule has 110 valence electrons. The normalized spacial score (nSPS) is 10.4. The van der Waals surface area contributed by atoms with E-state index >= 15 is 0 Å². The van der Waals surface area contributed by atoms with Crippen LogP contribution in [0.1, 0.15) is 18.1 Å². The lowest BCUT2D eigenvalue weighted by atomic mass is 10.2. The largest absolute Gasteiger partial charge is 0.312 e. The SMILES string of the molecule is CCN(C(=O)CNCc1cccnc1)c1cccc(C)c1. The Labute approximate surface area is 125 Å². The van der Waals surface area contributed by atoms with Crippen molar-refractivity contribution in [1.29, 1.82) is 0 Å². The van der Waals surface area contributed by atoms with Crippen LogP contribution in [0.2, 0.25) is 0 Å². The lowest BCUT2D eigenvalue weighted by molar-refractivity contribution is -0.117. The van der Waals surface area contributed by atoms with Crippen LogP contribution in [0, 0.1) is 6.92 Å². The molecule has 4 heteroatoms. The number of aryl methyl sites for hydroxylation is 1. The molecule has 1 aromatic heterocycles. The molecule has 0 radical (unpaired) electrons. The fraction of sp³-hybridized carbons (Fsp3) is 0.294. The molecule has 1 heterocycles. The number of nitrogens with zero attached hydrogens (tertiary/aromatic N) is 2. The predicted octanol–water partition coefficient (Wildman–Crippen LogP) is 2.53. The van der Waals surface area contributed by atoms with Gasteiger partial charge in [0, 0.05) is 31.2 Å². The molecular formula is C17H21N3O. The van der Waals surface area contributed by atoms with E-state index in [1.165, 1.54) is 0 Å². The molecule has 1 N–H and O–H groups in total. The zero-order chi connectivity index (χ0) is 15.1. The Morgan fingerprint density at radius 3 is 2.81 bits per heavy atom. The Morgan fingerprint density at radius 2 is 2.14 bits per heavy atom. The number of amides is 1. The molecule has 0 bridgehead atoms. The monoisotopic (exact) mass is 283 g/mol. The number of pyridine rings is 1. The first kappa shape index (κ1) is 15.2. The third-order valence-corrected chi connectivity index (χ3v) is 3.26. The summed E-state index contributed by atoms with van der Waals surface area (Å²) in [6.07, 6.45) is 3.54. The third kappa shape index (κ3) is 4.39. The van der Waals surface area contributed by atoms with E-state index in [0.29, 0.717) is 19.6 Å². The van der Waals surface area contributed by atoms with Gasteiger partial charge in [-0.3, -0.25) is 9.78 Å². The summed E-state index contributed by atoms with van der Waals surface area (Å²) >= 11 is 0. The molecule has 2 aromatic rings. The van der Waals surface area contributed by atoms with Gasteiger partial charge in [0.25, 0.3) is 0 Å². The molecule has 0 saturated carbocycles. The van der Waals surface area contributed by atoms with Crippen LogP contribution in [0.15, 0.2) is 48.8 Å². The van der Waals surface area contributed by atoms with E-state index in [4.69, 9.17) is 0 Å². The molecule has 1 aromatic carbocycles. The van der Waals surface area contributed by atoms with Crippen molar-refractivity contribution in [2.75, 3.05) is 18.0 Å². The van der Waals surface area contributed by atoms with Gasteiger partial charge in [-0.15, -0.1) is 0 Å². The van der Waals surface area contributed by atoms with Crippen molar-refractivity contribution in [1.82, 2.24) is 10.3 Å². The predicted molar refractivity (Wildman–Crippen MR) is 85.1 cm³/mol. The first-order chi connectivity index (χ1) is 10.2. The molecule has 1 amide bonds.